The Morgan fingerprint density at radius 3 is 2.68 bits per heavy atom. The largest absolute Gasteiger partial charge is 0.368 e. The number of halogens is 2. The lowest BCUT2D eigenvalue weighted by atomic mass is 9.96. The molecular formula is C26H31ClFN3O3. The molecule has 0 spiro atoms. The molecule has 34 heavy (non-hydrogen) atoms. The van der Waals surface area contributed by atoms with Crippen LogP contribution in [-0.4, -0.2) is 64.9 Å². The maximum Gasteiger partial charge on any atom is 0.252 e. The molecule has 0 bridgehead atoms. The van der Waals surface area contributed by atoms with E-state index in [1.54, 1.807) is 6.07 Å². The van der Waals surface area contributed by atoms with Crippen LogP contribution < -0.4 is 0 Å². The zero-order valence-corrected chi connectivity index (χ0v) is 20.5. The molecule has 2 aliphatic heterocycles. The summed E-state index contributed by atoms with van der Waals surface area (Å²) in [5, 5.41) is 0.592. The molecule has 4 rings (SSSR count). The van der Waals surface area contributed by atoms with Crippen molar-refractivity contribution in [2.75, 3.05) is 26.2 Å². The summed E-state index contributed by atoms with van der Waals surface area (Å²) in [6.45, 7) is 7.03. The molecular weight excluding hydrogens is 457 g/mol. The summed E-state index contributed by atoms with van der Waals surface area (Å²) in [5.41, 5.74) is 3.76. The van der Waals surface area contributed by atoms with Crippen LogP contribution in [0.5, 0.6) is 0 Å². The van der Waals surface area contributed by atoms with Crippen molar-refractivity contribution in [3.8, 4) is 0 Å². The summed E-state index contributed by atoms with van der Waals surface area (Å²) < 4.78 is 18.3. The van der Waals surface area contributed by atoms with Gasteiger partial charge in [-0.05, 0) is 67.6 Å². The molecule has 8 heteroatoms. The molecule has 0 unspecified atom stereocenters. The van der Waals surface area contributed by atoms with Gasteiger partial charge in [0.25, 0.3) is 5.91 Å². The normalized spacial score (nSPS) is 21.1. The number of alkyl halides is 1. The maximum atomic E-state index is 12.8. The fraction of sp³-hybridized carbons (Fsp3) is 0.500. The number of aromatic nitrogens is 1. The number of ketones is 1. The lowest BCUT2D eigenvalue weighted by molar-refractivity contribution is -0.145. The summed E-state index contributed by atoms with van der Waals surface area (Å²) in [6, 6.07) is 7.04. The van der Waals surface area contributed by atoms with Crippen LogP contribution in [0.25, 0.3) is 0 Å². The van der Waals surface area contributed by atoms with Crippen LogP contribution in [0, 0.1) is 6.92 Å². The van der Waals surface area contributed by atoms with Crippen molar-refractivity contribution in [1.82, 2.24) is 14.8 Å². The Balaban J connectivity index is 1.41. The van der Waals surface area contributed by atoms with Gasteiger partial charge in [0, 0.05) is 62.0 Å². The van der Waals surface area contributed by atoms with E-state index in [1.165, 1.54) is 12.3 Å². The number of amides is 1. The summed E-state index contributed by atoms with van der Waals surface area (Å²) in [4.78, 5) is 33.8. The summed E-state index contributed by atoms with van der Waals surface area (Å²) in [6.07, 6.45) is 3.11. The first-order valence-corrected chi connectivity index (χ1v) is 12.2. The van der Waals surface area contributed by atoms with Crippen molar-refractivity contribution >= 4 is 23.3 Å². The highest BCUT2D eigenvalue weighted by Gasteiger charge is 2.34. The molecule has 0 aliphatic carbocycles. The fourth-order valence-electron chi connectivity index (χ4n) is 4.79. The predicted octanol–water partition coefficient (Wildman–Crippen LogP) is 4.15. The van der Waals surface area contributed by atoms with E-state index in [1.807, 2.05) is 24.0 Å². The number of hydrogen-bond donors (Lipinski definition) is 0. The second kappa shape index (κ2) is 10.9. The highest BCUT2D eigenvalue weighted by atomic mass is 35.5. The Kier molecular flexibility index (Phi) is 7.96. The van der Waals surface area contributed by atoms with Crippen LogP contribution in [0.1, 0.15) is 52.5 Å². The van der Waals surface area contributed by atoms with Crippen molar-refractivity contribution in [2.45, 2.75) is 58.5 Å². The van der Waals surface area contributed by atoms with Gasteiger partial charge in [0.2, 0.25) is 0 Å². The number of rotatable bonds is 7. The number of Topliss-reactive ketones (excluding diaryl/α,β-unsaturated/α-hetero) is 1. The van der Waals surface area contributed by atoms with Crippen molar-refractivity contribution in [2.24, 2.45) is 0 Å². The monoisotopic (exact) mass is 487 g/mol. The van der Waals surface area contributed by atoms with E-state index in [0.717, 1.165) is 42.6 Å². The number of piperazine rings is 1. The van der Waals surface area contributed by atoms with Crippen molar-refractivity contribution in [1.29, 1.82) is 0 Å². The quantitative estimate of drug-likeness (QED) is 0.549. The molecule has 2 fully saturated rings. The van der Waals surface area contributed by atoms with Crippen molar-refractivity contribution in [3.63, 3.8) is 0 Å². The van der Waals surface area contributed by atoms with Gasteiger partial charge in [0.05, 0.1) is 5.69 Å². The molecule has 2 aromatic rings. The number of benzene rings is 1. The van der Waals surface area contributed by atoms with Gasteiger partial charge in [0.1, 0.15) is 12.8 Å². The summed E-state index contributed by atoms with van der Waals surface area (Å²) in [5.74, 6) is 0.0301. The second-order valence-corrected chi connectivity index (χ2v) is 9.67. The molecule has 3 heterocycles. The van der Waals surface area contributed by atoms with Gasteiger partial charge < -0.3 is 9.64 Å². The van der Waals surface area contributed by atoms with Gasteiger partial charge in [-0.25, -0.2) is 4.39 Å². The topological polar surface area (TPSA) is 62.7 Å². The molecule has 0 saturated carbocycles. The van der Waals surface area contributed by atoms with Crippen LogP contribution in [0.4, 0.5) is 4.39 Å². The zero-order valence-electron chi connectivity index (χ0n) is 19.7. The van der Waals surface area contributed by atoms with Gasteiger partial charge in [-0.2, -0.15) is 0 Å². The lowest BCUT2D eigenvalue weighted by Crippen LogP contribution is -2.55. The Bertz CT molecular complexity index is 1040. The SMILES string of the molecule is Cc1c(CC(=O)c2ccc(CF)nc2)cc(Cl)cc1CN1CCN(C(=O)[C@@H]2CCCO2)[C@@H](C)C1. The van der Waals surface area contributed by atoms with Crippen LogP contribution in [0.15, 0.2) is 30.5 Å². The van der Waals surface area contributed by atoms with E-state index < -0.39 is 6.67 Å². The third-order valence-corrected chi connectivity index (χ3v) is 7.03. The third-order valence-electron chi connectivity index (χ3n) is 6.82. The molecule has 1 amide bonds. The average Bonchev–Trinajstić information content (AvgIpc) is 3.37. The Morgan fingerprint density at radius 1 is 1.24 bits per heavy atom. The highest BCUT2D eigenvalue weighted by molar-refractivity contribution is 6.30. The first-order chi connectivity index (χ1) is 16.4. The molecule has 1 aromatic heterocycles. The molecule has 0 radical (unpaired) electrons. The Labute approximate surface area is 205 Å². The molecule has 1 aromatic carbocycles. The van der Waals surface area contributed by atoms with Crippen LogP contribution >= 0.6 is 11.6 Å². The molecule has 2 atom stereocenters. The Morgan fingerprint density at radius 2 is 2.03 bits per heavy atom. The van der Waals surface area contributed by atoms with E-state index in [4.69, 9.17) is 16.3 Å². The lowest BCUT2D eigenvalue weighted by Gasteiger charge is -2.41. The smallest absolute Gasteiger partial charge is 0.252 e. The van der Waals surface area contributed by atoms with E-state index in [9.17, 15) is 14.0 Å². The summed E-state index contributed by atoms with van der Waals surface area (Å²) in [7, 11) is 0. The highest BCUT2D eigenvalue weighted by Crippen LogP contribution is 2.25. The van der Waals surface area contributed by atoms with Crippen molar-refractivity contribution < 1.29 is 18.7 Å². The predicted molar refractivity (Wildman–Crippen MR) is 129 cm³/mol. The van der Waals surface area contributed by atoms with Crippen LogP contribution in [0.2, 0.25) is 5.02 Å². The fourth-order valence-corrected chi connectivity index (χ4v) is 5.05. The number of carbonyl (C=O) groups excluding carboxylic acids is 2. The van der Waals surface area contributed by atoms with Gasteiger partial charge in [0.15, 0.2) is 5.78 Å². The zero-order chi connectivity index (χ0) is 24.2. The van der Waals surface area contributed by atoms with Crippen LogP contribution in [-0.2, 0) is 29.2 Å². The molecule has 6 nitrogen and oxygen atoms in total. The second-order valence-electron chi connectivity index (χ2n) is 9.24. The molecule has 2 aliphatic rings. The van der Waals surface area contributed by atoms with Gasteiger partial charge in [-0.3, -0.25) is 19.5 Å². The van der Waals surface area contributed by atoms with Gasteiger partial charge >= 0.3 is 0 Å². The molecule has 182 valence electrons. The number of carbonyl (C=O) groups is 2. The molecule has 2 saturated heterocycles. The minimum absolute atomic E-state index is 0.0795. The Hall–Kier alpha value is -2.35. The van der Waals surface area contributed by atoms with E-state index in [-0.39, 0.29) is 30.3 Å². The first-order valence-electron chi connectivity index (χ1n) is 11.8. The van der Waals surface area contributed by atoms with Gasteiger partial charge in [-0.1, -0.05) is 11.6 Å². The number of hydrogen-bond acceptors (Lipinski definition) is 5. The number of ether oxygens (including phenoxy) is 1. The minimum atomic E-state index is -0.652. The third kappa shape index (κ3) is 5.65. The number of nitrogens with zero attached hydrogens (tertiary/aromatic N) is 3. The average molecular weight is 488 g/mol. The standard InChI is InChI=1S/C26H31ClFN3O3/c1-17-15-30(7-8-31(17)26(33)25-4-3-9-34-25)16-21-11-22(27)10-20(18(21)2)12-24(32)19-5-6-23(13-28)29-14-19/h5-6,10-11,14,17,25H,3-4,7-9,12-13,15-16H2,1-2H3/t17-,25-/m0/s1. The molecule has 0 N–H and O–H groups in total. The maximum absolute atomic E-state index is 12.8. The van der Waals surface area contributed by atoms with Gasteiger partial charge in [-0.15, -0.1) is 0 Å². The first kappa shape index (κ1) is 24.8. The summed E-state index contributed by atoms with van der Waals surface area (Å²) >= 11 is 6.42. The van der Waals surface area contributed by atoms with Crippen LogP contribution in [0.3, 0.4) is 0 Å². The van der Waals surface area contributed by atoms with E-state index in [0.29, 0.717) is 36.0 Å². The van der Waals surface area contributed by atoms with E-state index >= 15 is 0 Å². The minimum Gasteiger partial charge on any atom is -0.368 e. The number of pyridine rings is 1. The van der Waals surface area contributed by atoms with E-state index in [2.05, 4.69) is 16.8 Å². The van der Waals surface area contributed by atoms with Crippen molar-refractivity contribution in [3.05, 3.63) is 63.4 Å².